The molecule has 1 unspecified atom stereocenters. The number of anilines is 2. The van der Waals surface area contributed by atoms with Crippen LogP contribution in [0.4, 0.5) is 15.2 Å². The van der Waals surface area contributed by atoms with E-state index in [4.69, 9.17) is 0 Å². The quantitative estimate of drug-likeness (QED) is 0.640. The number of benzene rings is 2. The summed E-state index contributed by atoms with van der Waals surface area (Å²) in [7, 11) is 0. The largest absolute Gasteiger partial charge is 0.352 e. The molecule has 6 heteroatoms. The first-order chi connectivity index (χ1) is 13.2. The van der Waals surface area contributed by atoms with E-state index in [0.29, 0.717) is 23.3 Å². The second kappa shape index (κ2) is 7.88. The van der Waals surface area contributed by atoms with E-state index in [2.05, 4.69) is 39.9 Å². The third-order valence-corrected chi connectivity index (χ3v) is 5.62. The molecule has 0 fully saturated rings. The molecule has 2 N–H and O–H groups in total. The Bertz CT molecular complexity index is 942. The molecule has 0 radical (unpaired) electrons. The summed E-state index contributed by atoms with van der Waals surface area (Å²) in [5.41, 5.74) is 3.42. The Morgan fingerprint density at radius 3 is 2.96 bits per heavy atom. The molecule has 1 atom stereocenters. The average molecular weight is 381 g/mol. The first-order valence-electron chi connectivity index (χ1n) is 9.03. The van der Waals surface area contributed by atoms with E-state index < -0.39 is 5.82 Å². The van der Waals surface area contributed by atoms with Crippen LogP contribution in [0.1, 0.15) is 40.2 Å². The van der Waals surface area contributed by atoms with Gasteiger partial charge in [0.05, 0.1) is 5.56 Å². The Morgan fingerprint density at radius 1 is 1.26 bits per heavy atom. The van der Waals surface area contributed by atoms with Crippen LogP contribution in [-0.2, 0) is 6.42 Å². The fourth-order valence-electron chi connectivity index (χ4n) is 3.59. The molecule has 0 saturated heterocycles. The van der Waals surface area contributed by atoms with Crippen molar-refractivity contribution in [1.82, 2.24) is 10.3 Å². The van der Waals surface area contributed by atoms with Gasteiger partial charge in [-0.25, -0.2) is 9.37 Å². The van der Waals surface area contributed by atoms with Gasteiger partial charge in [0.2, 0.25) is 0 Å². The van der Waals surface area contributed by atoms with Crippen molar-refractivity contribution in [1.29, 1.82) is 0 Å². The zero-order chi connectivity index (χ0) is 18.6. The molecular formula is C21H20FN3OS. The van der Waals surface area contributed by atoms with Crippen molar-refractivity contribution < 1.29 is 9.18 Å². The lowest BCUT2D eigenvalue weighted by molar-refractivity contribution is 0.0948. The molecule has 3 aromatic rings. The van der Waals surface area contributed by atoms with Crippen molar-refractivity contribution in [2.45, 2.75) is 25.2 Å². The fraction of sp³-hybridized carbons (Fsp3) is 0.238. The maximum Gasteiger partial charge on any atom is 0.254 e. The Morgan fingerprint density at radius 2 is 2.15 bits per heavy atom. The molecule has 1 amide bonds. The summed E-state index contributed by atoms with van der Waals surface area (Å²) < 4.78 is 14.3. The third kappa shape index (κ3) is 4.01. The average Bonchev–Trinajstić information content (AvgIpc) is 3.32. The van der Waals surface area contributed by atoms with Gasteiger partial charge in [0.1, 0.15) is 5.82 Å². The zero-order valence-corrected chi connectivity index (χ0v) is 15.6. The van der Waals surface area contributed by atoms with Crippen molar-refractivity contribution >= 4 is 28.1 Å². The first kappa shape index (κ1) is 17.7. The van der Waals surface area contributed by atoms with E-state index >= 15 is 0 Å². The second-order valence-corrected chi connectivity index (χ2v) is 7.53. The normalized spacial score (nSPS) is 15.4. The minimum absolute atomic E-state index is 0.0616. The van der Waals surface area contributed by atoms with Gasteiger partial charge in [-0.2, -0.15) is 0 Å². The van der Waals surface area contributed by atoms with Gasteiger partial charge in [0, 0.05) is 23.8 Å². The lowest BCUT2D eigenvalue weighted by Crippen LogP contribution is -2.26. The molecule has 1 heterocycles. The number of amides is 1. The Balaban J connectivity index is 1.33. The topological polar surface area (TPSA) is 54.0 Å². The Labute approximate surface area is 161 Å². The molecule has 1 aliphatic rings. The Kier molecular flexibility index (Phi) is 5.16. The summed E-state index contributed by atoms with van der Waals surface area (Å²) in [5, 5.41) is 8.39. The predicted octanol–water partition coefficient (Wildman–Crippen LogP) is 4.88. The van der Waals surface area contributed by atoms with E-state index in [0.717, 1.165) is 19.3 Å². The fourth-order valence-corrected chi connectivity index (χ4v) is 4.14. The molecule has 138 valence electrons. The van der Waals surface area contributed by atoms with Gasteiger partial charge in [0.15, 0.2) is 5.13 Å². The van der Waals surface area contributed by atoms with Gasteiger partial charge >= 0.3 is 0 Å². The van der Waals surface area contributed by atoms with Gasteiger partial charge < -0.3 is 10.6 Å². The highest BCUT2D eigenvalue weighted by molar-refractivity contribution is 7.13. The number of aromatic nitrogens is 1. The summed E-state index contributed by atoms with van der Waals surface area (Å²) in [6.07, 6.45) is 4.75. The van der Waals surface area contributed by atoms with Crippen LogP contribution in [0.3, 0.4) is 0 Å². The summed E-state index contributed by atoms with van der Waals surface area (Å²) in [4.78, 5) is 16.4. The van der Waals surface area contributed by atoms with Crippen molar-refractivity contribution in [2.24, 2.45) is 0 Å². The summed E-state index contributed by atoms with van der Waals surface area (Å²) in [6, 6.07) is 13.0. The molecule has 4 rings (SSSR count). The van der Waals surface area contributed by atoms with Crippen molar-refractivity contribution in [3.8, 4) is 0 Å². The minimum Gasteiger partial charge on any atom is -0.352 e. The number of nitrogens with zero attached hydrogens (tertiary/aromatic N) is 1. The lowest BCUT2D eigenvalue weighted by Gasteiger charge is -2.13. The van der Waals surface area contributed by atoms with E-state index in [1.807, 2.05) is 5.38 Å². The van der Waals surface area contributed by atoms with Crippen LogP contribution in [0.25, 0.3) is 0 Å². The minimum atomic E-state index is -0.541. The van der Waals surface area contributed by atoms with E-state index in [-0.39, 0.29) is 11.5 Å². The van der Waals surface area contributed by atoms with Crippen LogP contribution < -0.4 is 10.6 Å². The monoisotopic (exact) mass is 381 g/mol. The van der Waals surface area contributed by atoms with Gasteiger partial charge in [0.25, 0.3) is 5.91 Å². The molecule has 27 heavy (non-hydrogen) atoms. The van der Waals surface area contributed by atoms with Gasteiger partial charge in [-0.05, 0) is 54.5 Å². The zero-order valence-electron chi connectivity index (χ0n) is 14.7. The number of carbonyl (C=O) groups excluding carboxylic acids is 1. The van der Waals surface area contributed by atoms with E-state index in [1.54, 1.807) is 12.3 Å². The number of thiazole rings is 1. The van der Waals surface area contributed by atoms with E-state index in [1.165, 1.54) is 34.6 Å². The number of rotatable bonds is 6. The van der Waals surface area contributed by atoms with Gasteiger partial charge in [-0.3, -0.25) is 4.79 Å². The number of halogens is 1. The molecule has 1 aliphatic carbocycles. The van der Waals surface area contributed by atoms with Crippen LogP contribution in [0, 0.1) is 5.82 Å². The standard InChI is InChI=1S/C21H20FN3OS/c22-19-13-16(25-21-24-11-12-27-21)7-8-18(19)20(26)23-10-9-15-6-5-14-3-1-2-4-17(14)15/h1-4,7-8,11-13,15H,5-6,9-10H2,(H,23,26)(H,24,25). The highest BCUT2D eigenvalue weighted by Gasteiger charge is 2.21. The summed E-state index contributed by atoms with van der Waals surface area (Å²) in [5.74, 6) is -0.448. The van der Waals surface area contributed by atoms with Crippen LogP contribution in [0.2, 0.25) is 0 Å². The number of hydrogen-bond acceptors (Lipinski definition) is 4. The van der Waals surface area contributed by atoms with Crippen molar-refractivity contribution in [3.63, 3.8) is 0 Å². The summed E-state index contributed by atoms with van der Waals surface area (Å²) >= 11 is 1.43. The van der Waals surface area contributed by atoms with Crippen molar-refractivity contribution in [2.75, 3.05) is 11.9 Å². The highest BCUT2D eigenvalue weighted by Crippen LogP contribution is 2.34. The molecule has 2 aromatic carbocycles. The number of nitrogens with one attached hydrogen (secondary N) is 2. The highest BCUT2D eigenvalue weighted by atomic mass is 32.1. The SMILES string of the molecule is O=C(NCCC1CCc2ccccc21)c1ccc(Nc2nccs2)cc1F. The summed E-state index contributed by atoms with van der Waals surface area (Å²) in [6.45, 7) is 0.538. The molecule has 0 spiro atoms. The third-order valence-electron chi connectivity index (χ3n) is 4.93. The van der Waals surface area contributed by atoms with Gasteiger partial charge in [-0.1, -0.05) is 24.3 Å². The van der Waals surface area contributed by atoms with Gasteiger partial charge in [-0.15, -0.1) is 11.3 Å². The van der Waals surface area contributed by atoms with E-state index in [9.17, 15) is 9.18 Å². The Hall–Kier alpha value is -2.73. The van der Waals surface area contributed by atoms with Crippen LogP contribution >= 0.6 is 11.3 Å². The van der Waals surface area contributed by atoms with Crippen LogP contribution in [0.5, 0.6) is 0 Å². The maximum atomic E-state index is 14.3. The smallest absolute Gasteiger partial charge is 0.254 e. The molecule has 0 aliphatic heterocycles. The molecule has 0 saturated carbocycles. The first-order valence-corrected chi connectivity index (χ1v) is 9.91. The van der Waals surface area contributed by atoms with Crippen LogP contribution in [0.15, 0.2) is 54.0 Å². The molecule has 4 nitrogen and oxygen atoms in total. The lowest BCUT2D eigenvalue weighted by atomic mass is 9.98. The van der Waals surface area contributed by atoms with Crippen LogP contribution in [-0.4, -0.2) is 17.4 Å². The van der Waals surface area contributed by atoms with Crippen molar-refractivity contribution in [3.05, 3.63) is 76.5 Å². The predicted molar refractivity (Wildman–Crippen MR) is 106 cm³/mol. The number of aryl methyl sites for hydroxylation is 1. The molecule has 0 bridgehead atoms. The maximum absolute atomic E-state index is 14.3. The second-order valence-electron chi connectivity index (χ2n) is 6.64. The molecule has 1 aromatic heterocycles. The number of hydrogen-bond donors (Lipinski definition) is 2. The molecular weight excluding hydrogens is 361 g/mol. The number of carbonyl (C=O) groups is 1. The number of fused-ring (bicyclic) bond motifs is 1.